The van der Waals surface area contributed by atoms with Crippen LogP contribution in [0.25, 0.3) is 0 Å². The molecule has 5 rings (SSSR count). The Labute approximate surface area is 240 Å². The van der Waals surface area contributed by atoms with E-state index in [-0.39, 0.29) is 24.7 Å². The molecule has 0 aliphatic carbocycles. The zero-order valence-corrected chi connectivity index (χ0v) is 23.9. The minimum Gasteiger partial charge on any atom is -0.453 e. The first-order valence-electron chi connectivity index (χ1n) is 14.3. The van der Waals surface area contributed by atoms with Gasteiger partial charge in [0.1, 0.15) is 0 Å². The Hall–Kier alpha value is -2.86. The number of hydrogen-bond donors (Lipinski definition) is 2. The van der Waals surface area contributed by atoms with Crippen LogP contribution in [0.5, 0.6) is 0 Å². The van der Waals surface area contributed by atoms with Crippen LogP contribution in [0, 0.1) is 5.92 Å². The molecule has 3 heterocycles. The molecule has 0 radical (unpaired) electrons. The van der Waals surface area contributed by atoms with Crippen molar-refractivity contribution in [1.82, 2.24) is 4.90 Å². The van der Waals surface area contributed by atoms with Crippen molar-refractivity contribution in [2.75, 3.05) is 38.2 Å². The molecule has 10 heteroatoms. The smallest absolute Gasteiger partial charge is 0.303 e. The summed E-state index contributed by atoms with van der Waals surface area (Å²) in [7, 11) is 0. The van der Waals surface area contributed by atoms with Gasteiger partial charge in [0.25, 0.3) is 5.91 Å². The van der Waals surface area contributed by atoms with Crippen LogP contribution >= 0.6 is 0 Å². The molecule has 10 nitrogen and oxygen atoms in total. The number of rotatable bonds is 8. The lowest BCUT2D eigenvalue weighted by molar-refractivity contribution is -0.278. The predicted molar refractivity (Wildman–Crippen MR) is 150 cm³/mol. The number of esters is 1. The maximum Gasteiger partial charge on any atom is 0.303 e. The minimum atomic E-state index is -0.918. The quantitative estimate of drug-likeness (QED) is 0.460. The largest absolute Gasteiger partial charge is 0.453 e. The van der Waals surface area contributed by atoms with Gasteiger partial charge in [-0.1, -0.05) is 43.3 Å². The molecule has 41 heavy (non-hydrogen) atoms. The van der Waals surface area contributed by atoms with Gasteiger partial charge < -0.3 is 39.0 Å². The molecule has 1 amide bonds. The third kappa shape index (κ3) is 7.14. The number of piperidine rings is 1. The van der Waals surface area contributed by atoms with Crippen molar-refractivity contribution in [3.05, 3.63) is 65.2 Å². The molecule has 3 saturated heterocycles. The lowest BCUT2D eigenvalue weighted by atomic mass is 9.89. The van der Waals surface area contributed by atoms with Gasteiger partial charge in [-0.05, 0) is 30.2 Å². The second-order valence-electron chi connectivity index (χ2n) is 11.1. The van der Waals surface area contributed by atoms with Crippen LogP contribution in [0.3, 0.4) is 0 Å². The van der Waals surface area contributed by atoms with Gasteiger partial charge in [0.15, 0.2) is 18.2 Å². The number of hydrogen-bond acceptors (Lipinski definition) is 9. The number of nitrogens with one attached hydrogen (secondary N) is 1. The number of amides is 1. The first-order chi connectivity index (χ1) is 19.7. The Kier molecular flexibility index (Phi) is 9.38. The standard InChI is InChI=1S/C31H40N2O8/c1-20-27(18-33-13-11-31(12-14-33)37-15-16-38-31)40-30(41-28(20)24-9-7-23(19-34)8-10-24)25-5-4-6-26(17-25)32-29(36)21(2)39-22(3)35/h4-10,17,20-21,27-28,30,34H,11-16,18-19H2,1-3H3,(H,32,36)/t20-,21-,27+,28+,30+/m0/s1. The molecule has 0 saturated carbocycles. The number of benzene rings is 2. The Bertz CT molecular complexity index is 1190. The van der Waals surface area contributed by atoms with E-state index in [1.165, 1.54) is 13.8 Å². The number of likely N-dealkylation sites (tertiary alicyclic amines) is 1. The zero-order chi connectivity index (χ0) is 29.0. The van der Waals surface area contributed by atoms with E-state index in [0.29, 0.717) is 18.9 Å². The van der Waals surface area contributed by atoms with Crippen LogP contribution < -0.4 is 5.32 Å². The van der Waals surface area contributed by atoms with Gasteiger partial charge in [-0.3, -0.25) is 9.59 Å². The maximum atomic E-state index is 12.5. The molecule has 3 fully saturated rings. The molecule has 2 aromatic carbocycles. The van der Waals surface area contributed by atoms with Crippen molar-refractivity contribution in [1.29, 1.82) is 0 Å². The summed E-state index contributed by atoms with van der Waals surface area (Å²) < 4.78 is 30.0. The van der Waals surface area contributed by atoms with Gasteiger partial charge in [0, 0.05) is 56.6 Å². The summed E-state index contributed by atoms with van der Waals surface area (Å²) in [6.45, 7) is 8.68. The van der Waals surface area contributed by atoms with Crippen molar-refractivity contribution in [2.24, 2.45) is 5.92 Å². The van der Waals surface area contributed by atoms with Gasteiger partial charge in [-0.15, -0.1) is 0 Å². The number of nitrogens with zero attached hydrogens (tertiary/aromatic N) is 1. The molecule has 0 aromatic heterocycles. The zero-order valence-electron chi connectivity index (χ0n) is 23.9. The Morgan fingerprint density at radius 1 is 1.07 bits per heavy atom. The number of anilines is 1. The third-order valence-corrected chi connectivity index (χ3v) is 8.13. The normalized spacial score (nSPS) is 26.9. The summed E-state index contributed by atoms with van der Waals surface area (Å²) in [5, 5.41) is 12.3. The molecule has 2 aromatic rings. The summed E-state index contributed by atoms with van der Waals surface area (Å²) in [6, 6.07) is 15.2. The van der Waals surface area contributed by atoms with E-state index in [9.17, 15) is 14.7 Å². The van der Waals surface area contributed by atoms with E-state index in [1.54, 1.807) is 6.07 Å². The molecule has 1 spiro atoms. The number of aliphatic hydroxyl groups is 1. The summed E-state index contributed by atoms with van der Waals surface area (Å²) in [5.74, 6) is -1.32. The van der Waals surface area contributed by atoms with Crippen LogP contribution in [0.1, 0.15) is 62.7 Å². The van der Waals surface area contributed by atoms with Crippen molar-refractivity contribution >= 4 is 17.6 Å². The van der Waals surface area contributed by atoms with Crippen LogP contribution in [-0.2, 0) is 39.9 Å². The molecule has 3 aliphatic rings. The van der Waals surface area contributed by atoms with Gasteiger partial charge in [-0.25, -0.2) is 0 Å². The summed E-state index contributed by atoms with van der Waals surface area (Å²) in [5.41, 5.74) is 3.17. The molecule has 0 unspecified atom stereocenters. The lowest BCUT2D eigenvalue weighted by Gasteiger charge is -2.44. The van der Waals surface area contributed by atoms with Gasteiger partial charge in [-0.2, -0.15) is 0 Å². The van der Waals surface area contributed by atoms with Gasteiger partial charge in [0.2, 0.25) is 0 Å². The third-order valence-electron chi connectivity index (χ3n) is 8.13. The Balaban J connectivity index is 1.33. The van der Waals surface area contributed by atoms with E-state index < -0.39 is 30.1 Å². The van der Waals surface area contributed by atoms with Crippen LogP contribution in [-0.4, -0.2) is 72.7 Å². The van der Waals surface area contributed by atoms with Crippen LogP contribution in [0.2, 0.25) is 0 Å². The predicted octanol–water partition coefficient (Wildman–Crippen LogP) is 3.70. The minimum absolute atomic E-state index is 0.0197. The van der Waals surface area contributed by atoms with Crippen molar-refractivity contribution < 1.29 is 38.4 Å². The highest BCUT2D eigenvalue weighted by Gasteiger charge is 2.43. The Morgan fingerprint density at radius 2 is 1.78 bits per heavy atom. The summed E-state index contributed by atoms with van der Waals surface area (Å²) >= 11 is 0. The summed E-state index contributed by atoms with van der Waals surface area (Å²) in [6.07, 6.45) is -0.303. The molecule has 3 aliphatic heterocycles. The van der Waals surface area contributed by atoms with Gasteiger partial charge >= 0.3 is 5.97 Å². The number of ether oxygens (including phenoxy) is 5. The van der Waals surface area contributed by atoms with E-state index in [2.05, 4.69) is 17.1 Å². The lowest BCUT2D eigenvalue weighted by Crippen LogP contribution is -2.50. The Morgan fingerprint density at radius 3 is 2.44 bits per heavy atom. The summed E-state index contributed by atoms with van der Waals surface area (Å²) in [4.78, 5) is 26.2. The van der Waals surface area contributed by atoms with E-state index >= 15 is 0 Å². The number of aliphatic hydroxyl groups excluding tert-OH is 1. The average molecular weight is 569 g/mol. The van der Waals surface area contributed by atoms with E-state index in [1.807, 2.05) is 42.5 Å². The number of carbonyl (C=O) groups excluding carboxylic acids is 2. The van der Waals surface area contributed by atoms with Crippen molar-refractivity contribution in [2.45, 2.75) is 70.6 Å². The molecule has 5 atom stereocenters. The van der Waals surface area contributed by atoms with Crippen LogP contribution in [0.4, 0.5) is 5.69 Å². The second-order valence-corrected chi connectivity index (χ2v) is 11.1. The highest BCUT2D eigenvalue weighted by atomic mass is 16.7. The van der Waals surface area contributed by atoms with E-state index in [0.717, 1.165) is 49.2 Å². The second kappa shape index (κ2) is 13.0. The first kappa shape index (κ1) is 29.6. The average Bonchev–Trinajstić information content (AvgIpc) is 3.43. The van der Waals surface area contributed by atoms with Crippen molar-refractivity contribution in [3.8, 4) is 0 Å². The first-order valence-corrected chi connectivity index (χ1v) is 14.3. The molecule has 222 valence electrons. The maximum absolute atomic E-state index is 12.5. The topological polar surface area (TPSA) is 116 Å². The molecular formula is C31H40N2O8. The highest BCUT2D eigenvalue weighted by molar-refractivity contribution is 5.95. The number of carbonyl (C=O) groups is 2. The fraction of sp³-hybridized carbons (Fsp3) is 0.548. The highest BCUT2D eigenvalue weighted by Crippen LogP contribution is 2.42. The fourth-order valence-corrected chi connectivity index (χ4v) is 5.75. The van der Waals surface area contributed by atoms with Crippen LogP contribution in [0.15, 0.2) is 48.5 Å². The van der Waals surface area contributed by atoms with E-state index in [4.69, 9.17) is 23.7 Å². The fourth-order valence-electron chi connectivity index (χ4n) is 5.75. The molecule has 0 bridgehead atoms. The molecular weight excluding hydrogens is 528 g/mol. The monoisotopic (exact) mass is 568 g/mol. The van der Waals surface area contributed by atoms with Gasteiger partial charge in [0.05, 0.1) is 32.0 Å². The molecule has 2 N–H and O–H groups in total. The SMILES string of the molecule is CC(=O)O[C@@H](C)C(=O)Nc1cccc([C@@H]2O[C@H](CN3CCC4(CC3)OCCO4)[C@H](C)[C@H](c3ccc(CO)cc3)O2)c1. The van der Waals surface area contributed by atoms with Crippen molar-refractivity contribution in [3.63, 3.8) is 0 Å².